The minimum atomic E-state index is -3.77. The quantitative estimate of drug-likeness (QED) is 0.900. The lowest BCUT2D eigenvalue weighted by molar-refractivity contribution is 0.284. The van der Waals surface area contributed by atoms with E-state index in [1.54, 1.807) is 13.0 Å². The average molecular weight is 311 g/mol. The number of aromatic nitrogens is 2. The molecule has 2 rings (SSSR count). The van der Waals surface area contributed by atoms with Crippen LogP contribution in [0.3, 0.4) is 0 Å². The van der Waals surface area contributed by atoms with Crippen LogP contribution < -0.4 is 9.88 Å². The van der Waals surface area contributed by atoms with Gasteiger partial charge < -0.3 is 9.26 Å². The van der Waals surface area contributed by atoms with Crippen LogP contribution >= 0.6 is 0 Å². The lowest BCUT2D eigenvalue weighted by Crippen LogP contribution is -2.16. The minimum absolute atomic E-state index is 0.00792. The third-order valence-electron chi connectivity index (χ3n) is 3.00. The first kappa shape index (κ1) is 15.5. The Balaban J connectivity index is 2.37. The molecule has 8 heteroatoms. The van der Waals surface area contributed by atoms with Gasteiger partial charge in [-0.2, -0.15) is 4.98 Å². The number of hydrogen-bond donors (Lipinski definition) is 1. The third-order valence-corrected chi connectivity index (χ3v) is 3.97. The Labute approximate surface area is 123 Å². The molecule has 0 atom stereocenters. The standard InChI is InChI=1S/C13H17N3O4S/c1-8(2)10-5-11(19-6-13-15-7-20-16-13)9(3)4-12(10)21(14,17)18/h4-5,7-8H,6H2,1-3H3,(H2,14,17,18). The summed E-state index contributed by atoms with van der Waals surface area (Å²) in [6.45, 7) is 5.68. The third kappa shape index (κ3) is 3.59. The van der Waals surface area contributed by atoms with E-state index in [1.807, 2.05) is 13.8 Å². The van der Waals surface area contributed by atoms with Gasteiger partial charge in [0.05, 0.1) is 4.90 Å². The monoisotopic (exact) mass is 311 g/mol. The highest BCUT2D eigenvalue weighted by atomic mass is 32.2. The van der Waals surface area contributed by atoms with E-state index in [1.165, 1.54) is 12.5 Å². The van der Waals surface area contributed by atoms with Crippen molar-refractivity contribution < 1.29 is 17.7 Å². The predicted molar refractivity (Wildman–Crippen MR) is 75.3 cm³/mol. The summed E-state index contributed by atoms with van der Waals surface area (Å²) in [5.74, 6) is 0.971. The van der Waals surface area contributed by atoms with E-state index in [4.69, 9.17) is 9.88 Å². The first-order chi connectivity index (χ1) is 9.79. The van der Waals surface area contributed by atoms with Gasteiger partial charge in [0.25, 0.3) is 0 Å². The van der Waals surface area contributed by atoms with Crippen molar-refractivity contribution in [3.63, 3.8) is 0 Å². The second kappa shape index (κ2) is 5.82. The van der Waals surface area contributed by atoms with Crippen molar-refractivity contribution in [1.82, 2.24) is 10.1 Å². The normalized spacial score (nSPS) is 11.9. The summed E-state index contributed by atoms with van der Waals surface area (Å²) in [6, 6.07) is 3.22. The molecular formula is C13H17N3O4S. The highest BCUT2D eigenvalue weighted by molar-refractivity contribution is 7.89. The molecule has 1 aromatic heterocycles. The molecule has 1 aromatic carbocycles. The van der Waals surface area contributed by atoms with Gasteiger partial charge in [0.1, 0.15) is 5.75 Å². The summed E-state index contributed by atoms with van der Waals surface area (Å²) in [6.07, 6.45) is 1.22. The Bertz CT molecular complexity index is 724. The molecule has 21 heavy (non-hydrogen) atoms. The van der Waals surface area contributed by atoms with Crippen molar-refractivity contribution in [2.24, 2.45) is 5.14 Å². The second-order valence-electron chi connectivity index (χ2n) is 4.99. The van der Waals surface area contributed by atoms with Crippen molar-refractivity contribution >= 4 is 10.0 Å². The number of nitrogens with zero attached hydrogens (tertiary/aromatic N) is 2. The maximum atomic E-state index is 11.7. The molecule has 0 unspecified atom stereocenters. The lowest BCUT2D eigenvalue weighted by Gasteiger charge is -2.16. The summed E-state index contributed by atoms with van der Waals surface area (Å²) >= 11 is 0. The molecule has 0 saturated heterocycles. The van der Waals surface area contributed by atoms with Crippen LogP contribution in [0.4, 0.5) is 0 Å². The molecule has 0 spiro atoms. The Kier molecular flexibility index (Phi) is 4.29. The van der Waals surface area contributed by atoms with Crippen LogP contribution in [0.2, 0.25) is 0 Å². The molecule has 0 radical (unpaired) electrons. The van der Waals surface area contributed by atoms with Gasteiger partial charge in [-0.1, -0.05) is 19.0 Å². The number of rotatable bonds is 5. The molecule has 0 amide bonds. The number of sulfonamides is 1. The zero-order valence-corrected chi connectivity index (χ0v) is 12.8. The smallest absolute Gasteiger partial charge is 0.238 e. The fourth-order valence-electron chi connectivity index (χ4n) is 1.93. The van der Waals surface area contributed by atoms with Gasteiger partial charge in [-0.05, 0) is 36.1 Å². The molecule has 0 aliphatic heterocycles. The number of nitrogens with two attached hydrogens (primary N) is 1. The zero-order chi connectivity index (χ0) is 15.6. The van der Waals surface area contributed by atoms with Crippen LogP contribution in [-0.2, 0) is 16.6 Å². The summed E-state index contributed by atoms with van der Waals surface area (Å²) < 4.78 is 33.6. The van der Waals surface area contributed by atoms with Gasteiger partial charge in [-0.25, -0.2) is 13.6 Å². The van der Waals surface area contributed by atoms with Crippen LogP contribution in [0.5, 0.6) is 5.75 Å². The molecule has 0 saturated carbocycles. The molecule has 114 valence electrons. The molecule has 7 nitrogen and oxygen atoms in total. The van der Waals surface area contributed by atoms with Crippen molar-refractivity contribution in [1.29, 1.82) is 0 Å². The topological polar surface area (TPSA) is 108 Å². The van der Waals surface area contributed by atoms with Gasteiger partial charge >= 0.3 is 0 Å². The second-order valence-corrected chi connectivity index (χ2v) is 6.52. The first-order valence-electron chi connectivity index (χ1n) is 6.34. The van der Waals surface area contributed by atoms with E-state index in [-0.39, 0.29) is 17.4 Å². The Morgan fingerprint density at radius 3 is 2.62 bits per heavy atom. The average Bonchev–Trinajstić information content (AvgIpc) is 2.88. The number of benzene rings is 1. The van der Waals surface area contributed by atoms with Gasteiger partial charge in [-0.3, -0.25) is 0 Å². The fraction of sp³-hybridized carbons (Fsp3) is 0.385. The van der Waals surface area contributed by atoms with Crippen LogP contribution in [0.15, 0.2) is 27.9 Å². The molecule has 2 N–H and O–H groups in total. The molecule has 0 fully saturated rings. The number of ether oxygens (including phenoxy) is 1. The Morgan fingerprint density at radius 2 is 2.10 bits per heavy atom. The van der Waals surface area contributed by atoms with Crippen molar-refractivity contribution in [3.8, 4) is 5.75 Å². The summed E-state index contributed by atoms with van der Waals surface area (Å²) in [4.78, 5) is 3.98. The van der Waals surface area contributed by atoms with E-state index >= 15 is 0 Å². The minimum Gasteiger partial charge on any atom is -0.485 e. The number of hydrogen-bond acceptors (Lipinski definition) is 6. The van der Waals surface area contributed by atoms with Crippen LogP contribution in [0.25, 0.3) is 0 Å². The highest BCUT2D eigenvalue weighted by Crippen LogP contribution is 2.30. The van der Waals surface area contributed by atoms with Gasteiger partial charge in [-0.15, -0.1) is 0 Å². The molecule has 0 aliphatic carbocycles. The summed E-state index contributed by atoms with van der Waals surface area (Å²) in [7, 11) is -3.77. The molecular weight excluding hydrogens is 294 g/mol. The van der Waals surface area contributed by atoms with E-state index in [9.17, 15) is 8.42 Å². The molecule has 0 bridgehead atoms. The zero-order valence-electron chi connectivity index (χ0n) is 12.0. The Hall–Kier alpha value is -1.93. The largest absolute Gasteiger partial charge is 0.485 e. The van der Waals surface area contributed by atoms with Gasteiger partial charge in [0, 0.05) is 0 Å². The predicted octanol–water partition coefficient (Wildman–Crippen LogP) is 1.73. The molecule has 1 heterocycles. The maximum Gasteiger partial charge on any atom is 0.238 e. The highest BCUT2D eigenvalue weighted by Gasteiger charge is 2.19. The van der Waals surface area contributed by atoms with Crippen LogP contribution in [0.1, 0.15) is 36.7 Å². The lowest BCUT2D eigenvalue weighted by atomic mass is 10.0. The van der Waals surface area contributed by atoms with Crippen molar-refractivity contribution in [2.75, 3.05) is 0 Å². The van der Waals surface area contributed by atoms with E-state index in [0.717, 1.165) is 0 Å². The van der Waals surface area contributed by atoms with Crippen molar-refractivity contribution in [3.05, 3.63) is 35.5 Å². The van der Waals surface area contributed by atoms with E-state index < -0.39 is 10.0 Å². The first-order valence-corrected chi connectivity index (χ1v) is 7.89. The SMILES string of the molecule is Cc1cc(S(N)(=O)=O)c(C(C)C)cc1OCc1ncon1. The van der Waals surface area contributed by atoms with Crippen LogP contribution in [-0.4, -0.2) is 18.6 Å². The molecule has 2 aromatic rings. The fourth-order valence-corrected chi connectivity index (χ4v) is 2.89. The van der Waals surface area contributed by atoms with Gasteiger partial charge in [0.2, 0.25) is 22.2 Å². The maximum absolute atomic E-state index is 11.7. The van der Waals surface area contributed by atoms with E-state index in [0.29, 0.717) is 22.7 Å². The van der Waals surface area contributed by atoms with E-state index in [2.05, 4.69) is 14.7 Å². The van der Waals surface area contributed by atoms with Gasteiger partial charge in [0.15, 0.2) is 6.61 Å². The number of primary sulfonamides is 1. The Morgan fingerprint density at radius 1 is 1.38 bits per heavy atom. The van der Waals surface area contributed by atoms with Crippen LogP contribution in [0, 0.1) is 6.92 Å². The number of aryl methyl sites for hydroxylation is 1. The van der Waals surface area contributed by atoms with Crippen molar-refractivity contribution in [2.45, 2.75) is 38.2 Å². The molecule has 0 aliphatic rings. The summed E-state index contributed by atoms with van der Waals surface area (Å²) in [5.41, 5.74) is 1.29. The summed E-state index contributed by atoms with van der Waals surface area (Å²) in [5, 5.41) is 8.91.